The molecule has 0 aliphatic carbocycles. The number of aryl methyl sites for hydroxylation is 1. The highest BCUT2D eigenvalue weighted by Gasteiger charge is 2.22. The minimum Gasteiger partial charge on any atom is -0.497 e. The molecule has 1 aromatic heterocycles. The molecule has 2 N–H and O–H groups in total. The van der Waals surface area contributed by atoms with Gasteiger partial charge in [0.2, 0.25) is 11.8 Å². The number of methoxy groups -OCH3 is 2. The van der Waals surface area contributed by atoms with Crippen LogP contribution < -0.4 is 20.1 Å². The first-order valence-electron chi connectivity index (χ1n) is 9.75. The van der Waals surface area contributed by atoms with Crippen molar-refractivity contribution in [2.24, 2.45) is 7.05 Å². The van der Waals surface area contributed by atoms with Gasteiger partial charge in [-0.2, -0.15) is 0 Å². The maximum Gasteiger partial charge on any atom is 0.225 e. The molecule has 8 nitrogen and oxygen atoms in total. The molecular weight excluding hydrogens is 396 g/mol. The van der Waals surface area contributed by atoms with E-state index in [2.05, 4.69) is 15.6 Å². The number of benzene rings is 2. The van der Waals surface area contributed by atoms with E-state index in [-0.39, 0.29) is 18.2 Å². The van der Waals surface area contributed by atoms with Crippen LogP contribution >= 0.6 is 0 Å². The molecule has 0 bridgehead atoms. The van der Waals surface area contributed by atoms with Crippen molar-refractivity contribution in [3.8, 4) is 11.5 Å². The molecule has 2 amide bonds. The standard InChI is InChI=1S/C23H26N4O4/c1-15(28)25-18-7-5-16(6-8-18)11-21(29)26-22(23-24-9-10-27(23)2)17-12-19(30-3)14-20(13-17)31-4/h5-10,12-14,22H,11H2,1-4H3,(H,25,28)(H,26,29). The van der Waals surface area contributed by atoms with Crippen molar-refractivity contribution < 1.29 is 19.1 Å². The van der Waals surface area contributed by atoms with Crippen LogP contribution in [0.1, 0.15) is 29.9 Å². The molecule has 8 heteroatoms. The Bertz CT molecular complexity index is 1040. The zero-order chi connectivity index (χ0) is 22.4. The Labute approximate surface area is 181 Å². The lowest BCUT2D eigenvalue weighted by molar-refractivity contribution is -0.121. The summed E-state index contributed by atoms with van der Waals surface area (Å²) in [5.74, 6) is 1.62. The number of ether oxygens (including phenoxy) is 2. The normalized spacial score (nSPS) is 11.5. The summed E-state index contributed by atoms with van der Waals surface area (Å²) in [6.07, 6.45) is 3.70. The molecule has 0 saturated carbocycles. The van der Waals surface area contributed by atoms with Gasteiger partial charge >= 0.3 is 0 Å². The lowest BCUT2D eigenvalue weighted by Crippen LogP contribution is -2.32. The van der Waals surface area contributed by atoms with Gasteiger partial charge in [0.25, 0.3) is 0 Å². The van der Waals surface area contributed by atoms with E-state index in [9.17, 15) is 9.59 Å². The van der Waals surface area contributed by atoms with Crippen LogP contribution in [-0.4, -0.2) is 35.6 Å². The number of nitrogens with zero attached hydrogens (tertiary/aromatic N) is 2. The molecule has 0 spiro atoms. The average molecular weight is 422 g/mol. The second kappa shape index (κ2) is 9.80. The van der Waals surface area contributed by atoms with Gasteiger partial charge in [-0.1, -0.05) is 12.1 Å². The summed E-state index contributed by atoms with van der Waals surface area (Å²) in [5, 5.41) is 5.78. The zero-order valence-electron chi connectivity index (χ0n) is 18.0. The van der Waals surface area contributed by atoms with Crippen molar-refractivity contribution in [2.75, 3.05) is 19.5 Å². The molecule has 162 valence electrons. The molecule has 31 heavy (non-hydrogen) atoms. The van der Waals surface area contributed by atoms with Gasteiger partial charge in [0, 0.05) is 38.1 Å². The van der Waals surface area contributed by atoms with Gasteiger partial charge in [-0.15, -0.1) is 0 Å². The van der Waals surface area contributed by atoms with Crippen LogP contribution in [0.4, 0.5) is 5.69 Å². The largest absolute Gasteiger partial charge is 0.497 e. The van der Waals surface area contributed by atoms with Crippen LogP contribution in [-0.2, 0) is 23.1 Å². The number of hydrogen-bond donors (Lipinski definition) is 2. The number of aromatic nitrogens is 2. The number of carbonyl (C=O) groups excluding carboxylic acids is 2. The first kappa shape index (κ1) is 21.9. The van der Waals surface area contributed by atoms with Gasteiger partial charge in [0.15, 0.2) is 0 Å². The number of anilines is 1. The van der Waals surface area contributed by atoms with Crippen LogP contribution in [0.3, 0.4) is 0 Å². The first-order chi connectivity index (χ1) is 14.9. The summed E-state index contributed by atoms with van der Waals surface area (Å²) in [6, 6.07) is 12.2. The van der Waals surface area contributed by atoms with Crippen molar-refractivity contribution >= 4 is 17.5 Å². The highest BCUT2D eigenvalue weighted by atomic mass is 16.5. The molecule has 3 aromatic rings. The fourth-order valence-corrected chi connectivity index (χ4v) is 3.25. The summed E-state index contributed by atoms with van der Waals surface area (Å²) in [7, 11) is 5.04. The minimum atomic E-state index is -0.491. The van der Waals surface area contributed by atoms with E-state index in [1.807, 2.05) is 42.1 Å². The van der Waals surface area contributed by atoms with Crippen LogP contribution in [0.5, 0.6) is 11.5 Å². The molecule has 0 saturated heterocycles. The summed E-state index contributed by atoms with van der Waals surface area (Å²) >= 11 is 0. The van der Waals surface area contributed by atoms with Crippen LogP contribution in [0.2, 0.25) is 0 Å². The predicted molar refractivity (Wildman–Crippen MR) is 117 cm³/mol. The van der Waals surface area contributed by atoms with Crippen molar-refractivity contribution in [1.29, 1.82) is 0 Å². The zero-order valence-corrected chi connectivity index (χ0v) is 18.0. The molecule has 0 radical (unpaired) electrons. The van der Waals surface area contributed by atoms with Crippen LogP contribution in [0.25, 0.3) is 0 Å². The maximum atomic E-state index is 12.9. The molecule has 3 rings (SSSR count). The van der Waals surface area contributed by atoms with Crippen molar-refractivity contribution in [1.82, 2.24) is 14.9 Å². The number of rotatable bonds is 8. The summed E-state index contributed by atoms with van der Waals surface area (Å²) in [4.78, 5) is 28.5. The van der Waals surface area contributed by atoms with E-state index in [0.717, 1.165) is 11.1 Å². The third kappa shape index (κ3) is 5.63. The fourth-order valence-electron chi connectivity index (χ4n) is 3.25. The average Bonchev–Trinajstić information content (AvgIpc) is 3.18. The lowest BCUT2D eigenvalue weighted by atomic mass is 10.0. The number of imidazole rings is 1. The topological polar surface area (TPSA) is 94.5 Å². The van der Waals surface area contributed by atoms with E-state index in [1.165, 1.54) is 6.92 Å². The maximum absolute atomic E-state index is 12.9. The van der Waals surface area contributed by atoms with Gasteiger partial charge in [0.1, 0.15) is 23.4 Å². The highest BCUT2D eigenvalue weighted by Crippen LogP contribution is 2.29. The van der Waals surface area contributed by atoms with E-state index in [1.54, 1.807) is 38.6 Å². The molecule has 1 atom stereocenters. The first-order valence-corrected chi connectivity index (χ1v) is 9.75. The monoisotopic (exact) mass is 422 g/mol. The molecule has 2 aromatic carbocycles. The van der Waals surface area contributed by atoms with E-state index >= 15 is 0 Å². The third-order valence-corrected chi connectivity index (χ3v) is 4.77. The summed E-state index contributed by atoms with van der Waals surface area (Å²) < 4.78 is 12.6. The van der Waals surface area contributed by atoms with Gasteiger partial charge < -0.3 is 24.7 Å². The Morgan fingerprint density at radius 3 is 2.23 bits per heavy atom. The number of amides is 2. The van der Waals surface area contributed by atoms with Gasteiger partial charge in [0.05, 0.1) is 20.6 Å². The Kier molecular flexibility index (Phi) is 6.92. The molecule has 1 unspecified atom stereocenters. The summed E-state index contributed by atoms with van der Waals surface area (Å²) in [6.45, 7) is 1.45. The summed E-state index contributed by atoms with van der Waals surface area (Å²) in [5.41, 5.74) is 2.30. The second-order valence-corrected chi connectivity index (χ2v) is 7.10. The van der Waals surface area contributed by atoms with Crippen molar-refractivity contribution in [2.45, 2.75) is 19.4 Å². The molecule has 1 heterocycles. The molecule has 0 aliphatic rings. The number of nitrogens with one attached hydrogen (secondary N) is 2. The molecule has 0 fully saturated rings. The highest BCUT2D eigenvalue weighted by molar-refractivity contribution is 5.88. The van der Waals surface area contributed by atoms with Crippen LogP contribution in [0, 0.1) is 0 Å². The van der Waals surface area contributed by atoms with E-state index in [0.29, 0.717) is 23.0 Å². The minimum absolute atomic E-state index is 0.142. The van der Waals surface area contributed by atoms with Crippen LogP contribution in [0.15, 0.2) is 54.9 Å². The Balaban J connectivity index is 1.84. The predicted octanol–water partition coefficient (Wildman–Crippen LogP) is 2.84. The second-order valence-electron chi connectivity index (χ2n) is 7.10. The third-order valence-electron chi connectivity index (χ3n) is 4.77. The Morgan fingerprint density at radius 2 is 1.71 bits per heavy atom. The molecule has 0 aliphatic heterocycles. The Morgan fingerprint density at radius 1 is 1.06 bits per heavy atom. The number of carbonyl (C=O) groups is 2. The van der Waals surface area contributed by atoms with Crippen molar-refractivity contribution in [3.63, 3.8) is 0 Å². The fraction of sp³-hybridized carbons (Fsp3) is 0.261. The van der Waals surface area contributed by atoms with Gasteiger partial charge in [-0.25, -0.2) is 4.98 Å². The molecular formula is C23H26N4O4. The van der Waals surface area contributed by atoms with Gasteiger partial charge in [-0.3, -0.25) is 9.59 Å². The van der Waals surface area contributed by atoms with Gasteiger partial charge in [-0.05, 0) is 35.4 Å². The van der Waals surface area contributed by atoms with Crippen molar-refractivity contribution in [3.05, 3.63) is 71.8 Å². The smallest absolute Gasteiger partial charge is 0.225 e. The lowest BCUT2D eigenvalue weighted by Gasteiger charge is -2.20. The number of hydrogen-bond acceptors (Lipinski definition) is 5. The van der Waals surface area contributed by atoms with E-state index in [4.69, 9.17) is 9.47 Å². The SMILES string of the molecule is COc1cc(OC)cc(C(NC(=O)Cc2ccc(NC(C)=O)cc2)c2nccn2C)c1. The Hall–Kier alpha value is -3.81. The quantitative estimate of drug-likeness (QED) is 0.582. The van der Waals surface area contributed by atoms with E-state index < -0.39 is 6.04 Å².